The topological polar surface area (TPSA) is 29.3 Å². The SMILES string of the molecule is CCN(c1ccccc1F)C(CN)c1ccc(Cl)cc1C. The van der Waals surface area contributed by atoms with E-state index in [0.717, 1.165) is 11.1 Å². The van der Waals surface area contributed by atoms with Crippen LogP contribution in [-0.2, 0) is 0 Å². The Morgan fingerprint density at radius 1 is 1.24 bits per heavy atom. The van der Waals surface area contributed by atoms with E-state index in [1.807, 2.05) is 43.0 Å². The van der Waals surface area contributed by atoms with Crippen LogP contribution in [0.5, 0.6) is 0 Å². The molecule has 2 nitrogen and oxygen atoms in total. The number of nitrogens with zero attached hydrogens (tertiary/aromatic N) is 1. The van der Waals surface area contributed by atoms with Crippen molar-refractivity contribution in [3.05, 3.63) is 64.4 Å². The van der Waals surface area contributed by atoms with E-state index < -0.39 is 0 Å². The fraction of sp³-hybridized carbons (Fsp3) is 0.294. The summed E-state index contributed by atoms with van der Waals surface area (Å²) in [6.45, 7) is 5.08. The van der Waals surface area contributed by atoms with Crippen molar-refractivity contribution in [3.63, 3.8) is 0 Å². The Kier molecular flexibility index (Phi) is 5.21. The third-order valence-electron chi connectivity index (χ3n) is 3.69. The van der Waals surface area contributed by atoms with Crippen LogP contribution in [-0.4, -0.2) is 13.1 Å². The summed E-state index contributed by atoms with van der Waals surface area (Å²) in [5.74, 6) is -0.232. The fourth-order valence-electron chi connectivity index (χ4n) is 2.68. The summed E-state index contributed by atoms with van der Waals surface area (Å²) in [6, 6.07) is 12.4. The zero-order chi connectivity index (χ0) is 15.4. The maximum atomic E-state index is 14.1. The smallest absolute Gasteiger partial charge is 0.146 e. The van der Waals surface area contributed by atoms with E-state index in [4.69, 9.17) is 17.3 Å². The normalized spacial score (nSPS) is 12.2. The van der Waals surface area contributed by atoms with E-state index in [1.54, 1.807) is 12.1 Å². The predicted octanol–water partition coefficient (Wildman–Crippen LogP) is 4.31. The number of hydrogen-bond acceptors (Lipinski definition) is 2. The van der Waals surface area contributed by atoms with Gasteiger partial charge >= 0.3 is 0 Å². The van der Waals surface area contributed by atoms with Crippen molar-refractivity contribution in [1.82, 2.24) is 0 Å². The number of aryl methyl sites for hydroxylation is 1. The monoisotopic (exact) mass is 306 g/mol. The molecule has 0 heterocycles. The first kappa shape index (κ1) is 15.8. The lowest BCUT2D eigenvalue weighted by atomic mass is 9.99. The van der Waals surface area contributed by atoms with E-state index >= 15 is 0 Å². The van der Waals surface area contributed by atoms with Gasteiger partial charge in [-0.25, -0.2) is 4.39 Å². The second-order valence-electron chi connectivity index (χ2n) is 4.99. The van der Waals surface area contributed by atoms with E-state index in [9.17, 15) is 4.39 Å². The van der Waals surface area contributed by atoms with Gasteiger partial charge in [-0.15, -0.1) is 0 Å². The Morgan fingerprint density at radius 2 is 1.95 bits per heavy atom. The van der Waals surface area contributed by atoms with Gasteiger partial charge in [0.1, 0.15) is 5.82 Å². The van der Waals surface area contributed by atoms with Crippen molar-refractivity contribution < 1.29 is 4.39 Å². The van der Waals surface area contributed by atoms with Crippen LogP contribution >= 0.6 is 11.6 Å². The van der Waals surface area contributed by atoms with E-state index in [-0.39, 0.29) is 11.9 Å². The minimum absolute atomic E-state index is 0.0795. The molecule has 2 N–H and O–H groups in total. The van der Waals surface area contributed by atoms with Gasteiger partial charge in [-0.1, -0.05) is 29.8 Å². The molecule has 1 unspecified atom stereocenters. The lowest BCUT2D eigenvalue weighted by Crippen LogP contribution is -2.34. The highest BCUT2D eigenvalue weighted by atomic mass is 35.5. The molecule has 2 aromatic rings. The zero-order valence-electron chi connectivity index (χ0n) is 12.3. The molecule has 2 aromatic carbocycles. The van der Waals surface area contributed by atoms with Crippen LogP contribution in [0.3, 0.4) is 0 Å². The van der Waals surface area contributed by atoms with Crippen molar-refractivity contribution in [3.8, 4) is 0 Å². The van der Waals surface area contributed by atoms with Crippen molar-refractivity contribution in [2.75, 3.05) is 18.0 Å². The van der Waals surface area contributed by atoms with Gasteiger partial charge in [-0.3, -0.25) is 0 Å². The van der Waals surface area contributed by atoms with Gasteiger partial charge in [0.2, 0.25) is 0 Å². The predicted molar refractivity (Wildman–Crippen MR) is 87.4 cm³/mol. The Bertz CT molecular complexity index is 615. The number of para-hydroxylation sites is 1. The fourth-order valence-corrected chi connectivity index (χ4v) is 2.91. The molecule has 4 heteroatoms. The van der Waals surface area contributed by atoms with E-state index in [0.29, 0.717) is 23.8 Å². The first-order valence-electron chi connectivity index (χ1n) is 7.05. The number of hydrogen-bond donors (Lipinski definition) is 1. The minimum Gasteiger partial charge on any atom is -0.361 e. The lowest BCUT2D eigenvalue weighted by molar-refractivity contribution is 0.587. The first-order valence-corrected chi connectivity index (χ1v) is 7.43. The third-order valence-corrected chi connectivity index (χ3v) is 3.93. The Morgan fingerprint density at radius 3 is 2.52 bits per heavy atom. The molecule has 0 fully saturated rings. The summed E-state index contributed by atoms with van der Waals surface area (Å²) < 4.78 is 14.1. The Labute approximate surface area is 130 Å². The van der Waals surface area contributed by atoms with Crippen molar-refractivity contribution in [2.24, 2.45) is 5.73 Å². The number of nitrogens with two attached hydrogens (primary N) is 1. The largest absolute Gasteiger partial charge is 0.361 e. The summed E-state index contributed by atoms with van der Waals surface area (Å²) in [4.78, 5) is 1.99. The number of rotatable bonds is 5. The highest BCUT2D eigenvalue weighted by Crippen LogP contribution is 2.31. The van der Waals surface area contributed by atoms with E-state index in [1.165, 1.54) is 6.07 Å². The van der Waals surface area contributed by atoms with Crippen molar-refractivity contribution in [1.29, 1.82) is 0 Å². The van der Waals surface area contributed by atoms with Crippen LogP contribution in [0.2, 0.25) is 5.02 Å². The molecule has 0 aliphatic carbocycles. The van der Waals surface area contributed by atoms with Gasteiger partial charge in [-0.05, 0) is 49.2 Å². The maximum Gasteiger partial charge on any atom is 0.146 e. The summed E-state index contributed by atoms with van der Waals surface area (Å²) in [5, 5.41) is 0.695. The van der Waals surface area contributed by atoms with Crippen LogP contribution in [0.25, 0.3) is 0 Å². The molecule has 0 saturated heterocycles. The van der Waals surface area contributed by atoms with Gasteiger partial charge < -0.3 is 10.6 Å². The van der Waals surface area contributed by atoms with Gasteiger partial charge in [-0.2, -0.15) is 0 Å². The lowest BCUT2D eigenvalue weighted by Gasteiger charge is -2.33. The molecular weight excluding hydrogens is 287 g/mol. The number of benzene rings is 2. The molecule has 0 bridgehead atoms. The van der Waals surface area contributed by atoms with Crippen LogP contribution in [0.1, 0.15) is 24.1 Å². The average Bonchev–Trinajstić information content (AvgIpc) is 2.47. The summed E-state index contributed by atoms with van der Waals surface area (Å²) in [6.07, 6.45) is 0. The third kappa shape index (κ3) is 3.36. The minimum atomic E-state index is -0.232. The average molecular weight is 307 g/mol. The molecular formula is C17H20ClFN2. The molecule has 0 spiro atoms. The van der Waals surface area contributed by atoms with Crippen molar-refractivity contribution in [2.45, 2.75) is 19.9 Å². The second kappa shape index (κ2) is 6.92. The molecule has 1 atom stereocenters. The quantitative estimate of drug-likeness (QED) is 0.891. The Balaban J connectivity index is 2.45. The van der Waals surface area contributed by atoms with Crippen LogP contribution in [0.15, 0.2) is 42.5 Å². The summed E-state index contributed by atoms with van der Waals surface area (Å²) >= 11 is 6.02. The van der Waals surface area contributed by atoms with E-state index in [2.05, 4.69) is 0 Å². The zero-order valence-corrected chi connectivity index (χ0v) is 13.1. The molecule has 0 aliphatic rings. The van der Waals surface area contributed by atoms with Gasteiger partial charge in [0, 0.05) is 18.1 Å². The highest BCUT2D eigenvalue weighted by Gasteiger charge is 2.22. The molecule has 0 radical (unpaired) electrons. The molecule has 112 valence electrons. The molecule has 0 saturated carbocycles. The van der Waals surface area contributed by atoms with Gasteiger partial charge in [0.05, 0.1) is 11.7 Å². The van der Waals surface area contributed by atoms with Gasteiger partial charge in [0.25, 0.3) is 0 Å². The molecule has 2 rings (SSSR count). The molecule has 21 heavy (non-hydrogen) atoms. The van der Waals surface area contributed by atoms with Crippen molar-refractivity contribution >= 4 is 17.3 Å². The van der Waals surface area contributed by atoms with Gasteiger partial charge in [0.15, 0.2) is 0 Å². The summed E-state index contributed by atoms with van der Waals surface area (Å²) in [7, 11) is 0. The first-order chi connectivity index (χ1) is 10.1. The summed E-state index contributed by atoms with van der Waals surface area (Å²) in [5.41, 5.74) is 8.69. The van der Waals surface area contributed by atoms with Crippen LogP contribution in [0, 0.1) is 12.7 Å². The van der Waals surface area contributed by atoms with Crippen LogP contribution < -0.4 is 10.6 Å². The standard InChI is InChI=1S/C17H20ClFN2/c1-3-21(16-7-5-4-6-15(16)19)17(11-20)14-9-8-13(18)10-12(14)2/h4-10,17H,3,11,20H2,1-2H3. The second-order valence-corrected chi connectivity index (χ2v) is 5.43. The number of likely N-dealkylation sites (N-methyl/N-ethyl adjacent to an activating group) is 1. The number of anilines is 1. The highest BCUT2D eigenvalue weighted by molar-refractivity contribution is 6.30. The van der Waals surface area contributed by atoms with Crippen LogP contribution in [0.4, 0.5) is 10.1 Å². The Hall–Kier alpha value is -1.58. The number of halogens is 2. The molecule has 0 amide bonds. The molecule has 0 aliphatic heterocycles. The maximum absolute atomic E-state index is 14.1. The molecule has 0 aromatic heterocycles.